The molecule has 0 bridgehead atoms. The second-order valence-electron chi connectivity index (χ2n) is 7.71. The number of pyridine rings is 1. The van der Waals surface area contributed by atoms with Crippen molar-refractivity contribution in [2.75, 3.05) is 11.4 Å². The molecule has 0 aliphatic heterocycles. The van der Waals surface area contributed by atoms with Crippen molar-refractivity contribution in [3.05, 3.63) is 54.6 Å². The molecule has 2 aromatic rings. The zero-order valence-electron chi connectivity index (χ0n) is 16.4. The fourth-order valence-electron chi connectivity index (χ4n) is 4.12. The van der Waals surface area contributed by atoms with Crippen LogP contribution in [0.3, 0.4) is 0 Å². The maximum Gasteiger partial charge on any atom is 0.192 e. The average Bonchev–Trinajstić information content (AvgIpc) is 2.66. The monoisotopic (exact) mass is 482 g/mol. The largest absolute Gasteiger partial charge is 1.00 e. The highest BCUT2D eigenvalue weighted by Crippen LogP contribution is 2.29. The molecule has 1 aliphatic carbocycles. The summed E-state index contributed by atoms with van der Waals surface area (Å²) in [6, 6.07) is 11.1. The van der Waals surface area contributed by atoms with Crippen molar-refractivity contribution in [3.63, 3.8) is 0 Å². The minimum absolute atomic E-state index is 0. The van der Waals surface area contributed by atoms with Gasteiger partial charge in [-0.3, -0.25) is 0 Å². The smallest absolute Gasteiger partial charge is 0.192 e. The Morgan fingerprint density at radius 1 is 0.963 bits per heavy atom. The van der Waals surface area contributed by atoms with Crippen molar-refractivity contribution in [3.8, 4) is 0 Å². The van der Waals surface area contributed by atoms with Crippen molar-refractivity contribution in [1.29, 1.82) is 0 Å². The first-order chi connectivity index (χ1) is 12.7. The van der Waals surface area contributed by atoms with Crippen LogP contribution in [0.25, 0.3) is 0 Å². The number of benzene rings is 1. The number of anilines is 2. The lowest BCUT2D eigenvalue weighted by molar-refractivity contribution is -0.670. The van der Waals surface area contributed by atoms with Crippen LogP contribution in [0.4, 0.5) is 15.8 Å². The molecular formula is C23H32FIN2. The van der Waals surface area contributed by atoms with Crippen molar-refractivity contribution in [1.82, 2.24) is 0 Å². The minimum Gasteiger partial charge on any atom is -1.00 e. The Hall–Kier alpha value is -1.17. The second-order valence-corrected chi connectivity index (χ2v) is 7.71. The Balaban J connectivity index is 0.00000261. The molecule has 0 unspecified atom stereocenters. The summed E-state index contributed by atoms with van der Waals surface area (Å²) < 4.78 is 15.4. The van der Waals surface area contributed by atoms with E-state index in [1.54, 1.807) is 12.1 Å². The Labute approximate surface area is 180 Å². The van der Waals surface area contributed by atoms with Gasteiger partial charge in [0.25, 0.3) is 0 Å². The summed E-state index contributed by atoms with van der Waals surface area (Å²) in [6.45, 7) is 0.973. The van der Waals surface area contributed by atoms with Gasteiger partial charge in [-0.15, -0.1) is 0 Å². The number of aryl methyl sites for hydroxylation is 1. The van der Waals surface area contributed by atoms with Crippen molar-refractivity contribution in [2.45, 2.75) is 57.8 Å². The van der Waals surface area contributed by atoms with Gasteiger partial charge in [0.05, 0.1) is 0 Å². The molecular weight excluding hydrogens is 450 g/mol. The van der Waals surface area contributed by atoms with E-state index >= 15 is 0 Å². The Bertz CT molecular complexity index is 668. The van der Waals surface area contributed by atoms with Crippen molar-refractivity contribution in [2.24, 2.45) is 13.0 Å². The first kappa shape index (κ1) is 22.1. The van der Waals surface area contributed by atoms with E-state index in [0.717, 1.165) is 23.8 Å². The van der Waals surface area contributed by atoms with E-state index < -0.39 is 0 Å². The summed E-state index contributed by atoms with van der Waals surface area (Å²) in [5.74, 6) is 0.796. The molecule has 0 spiro atoms. The molecule has 1 aromatic heterocycles. The van der Waals surface area contributed by atoms with Crippen LogP contribution in [0, 0.1) is 11.7 Å². The standard InChI is InChI=1S/C23H32FN2.HI/c1-25-17-8-12-23(19-25)26(22-15-13-21(24)14-16-22)18-7-3-6-11-20-9-4-2-5-10-20;/h8,12-17,19-20H,2-7,9-11,18H2,1H3;1H/q+1;/p-1. The summed E-state index contributed by atoms with van der Waals surface area (Å²) in [6.07, 6.45) is 16.6. The maximum absolute atomic E-state index is 13.3. The highest BCUT2D eigenvalue weighted by atomic mass is 127. The van der Waals surface area contributed by atoms with Gasteiger partial charge in [0.15, 0.2) is 12.4 Å². The number of halogens is 2. The molecule has 3 rings (SSSR count). The lowest BCUT2D eigenvalue weighted by Crippen LogP contribution is -3.00. The molecule has 148 valence electrons. The molecule has 0 radical (unpaired) electrons. The fourth-order valence-corrected chi connectivity index (χ4v) is 4.12. The van der Waals surface area contributed by atoms with Crippen LogP contribution in [-0.2, 0) is 7.05 Å². The van der Waals surface area contributed by atoms with E-state index in [9.17, 15) is 4.39 Å². The summed E-state index contributed by atoms with van der Waals surface area (Å²) >= 11 is 0. The van der Waals surface area contributed by atoms with E-state index in [0.29, 0.717) is 0 Å². The molecule has 0 atom stereocenters. The molecule has 1 saturated carbocycles. The SMILES string of the molecule is C[n+]1cccc(N(CCCCCC2CCCCC2)c2ccc(F)cc2)c1.[I-]. The number of rotatable bonds is 8. The molecule has 1 heterocycles. The summed E-state index contributed by atoms with van der Waals surface area (Å²) in [5.41, 5.74) is 2.22. The first-order valence-corrected chi connectivity index (χ1v) is 10.2. The van der Waals surface area contributed by atoms with Crippen LogP contribution in [0.2, 0.25) is 0 Å². The predicted molar refractivity (Wildman–Crippen MR) is 106 cm³/mol. The molecule has 1 fully saturated rings. The van der Waals surface area contributed by atoms with E-state index in [-0.39, 0.29) is 29.8 Å². The van der Waals surface area contributed by atoms with Crippen LogP contribution in [0.1, 0.15) is 57.8 Å². The lowest BCUT2D eigenvalue weighted by Gasteiger charge is -2.24. The number of nitrogens with zero attached hydrogens (tertiary/aromatic N) is 2. The summed E-state index contributed by atoms with van der Waals surface area (Å²) in [4.78, 5) is 2.31. The molecule has 1 aromatic carbocycles. The van der Waals surface area contributed by atoms with Gasteiger partial charge in [-0.1, -0.05) is 51.4 Å². The lowest BCUT2D eigenvalue weighted by atomic mass is 9.85. The van der Waals surface area contributed by atoms with Gasteiger partial charge in [0.2, 0.25) is 0 Å². The molecule has 4 heteroatoms. The van der Waals surface area contributed by atoms with Gasteiger partial charge >= 0.3 is 0 Å². The predicted octanol–water partition coefficient (Wildman–Crippen LogP) is 2.93. The highest BCUT2D eigenvalue weighted by Gasteiger charge is 2.14. The average molecular weight is 482 g/mol. The van der Waals surface area contributed by atoms with Crippen molar-refractivity contribution < 1.29 is 32.9 Å². The quantitative estimate of drug-likeness (QED) is 0.319. The number of hydrogen-bond donors (Lipinski definition) is 0. The maximum atomic E-state index is 13.3. The number of aromatic nitrogens is 1. The molecule has 0 saturated heterocycles. The number of unbranched alkanes of at least 4 members (excludes halogenated alkanes) is 2. The molecule has 0 amide bonds. The van der Waals surface area contributed by atoms with E-state index in [1.807, 2.05) is 25.4 Å². The van der Waals surface area contributed by atoms with Crippen LogP contribution in [0.5, 0.6) is 0 Å². The number of hydrogen-bond acceptors (Lipinski definition) is 1. The van der Waals surface area contributed by atoms with Gasteiger partial charge in [0, 0.05) is 18.3 Å². The fraction of sp³-hybridized carbons (Fsp3) is 0.522. The second kappa shape index (κ2) is 11.6. The third kappa shape index (κ3) is 7.05. The normalized spacial score (nSPS) is 14.6. The third-order valence-electron chi connectivity index (χ3n) is 5.59. The Morgan fingerprint density at radius 2 is 1.70 bits per heavy atom. The topological polar surface area (TPSA) is 7.12 Å². The minimum atomic E-state index is -0.181. The van der Waals surface area contributed by atoms with E-state index in [2.05, 4.69) is 27.8 Å². The molecule has 1 aliphatic rings. The first-order valence-electron chi connectivity index (χ1n) is 10.2. The van der Waals surface area contributed by atoms with Gasteiger partial charge < -0.3 is 28.9 Å². The zero-order chi connectivity index (χ0) is 18.2. The van der Waals surface area contributed by atoms with Crippen LogP contribution >= 0.6 is 0 Å². The Kier molecular flexibility index (Phi) is 9.52. The van der Waals surface area contributed by atoms with Crippen molar-refractivity contribution >= 4 is 11.4 Å². The molecule has 2 nitrogen and oxygen atoms in total. The summed E-state index contributed by atoms with van der Waals surface area (Å²) in [5, 5.41) is 0. The van der Waals surface area contributed by atoms with Crippen LogP contribution in [0.15, 0.2) is 48.8 Å². The Morgan fingerprint density at radius 3 is 2.41 bits per heavy atom. The van der Waals surface area contributed by atoms with E-state index in [1.165, 1.54) is 57.8 Å². The summed E-state index contributed by atoms with van der Waals surface area (Å²) in [7, 11) is 2.04. The highest BCUT2D eigenvalue weighted by molar-refractivity contribution is 5.61. The van der Waals surface area contributed by atoms with Gasteiger partial charge in [0.1, 0.15) is 18.6 Å². The van der Waals surface area contributed by atoms with Crippen LogP contribution in [-0.4, -0.2) is 6.54 Å². The molecule has 27 heavy (non-hydrogen) atoms. The van der Waals surface area contributed by atoms with E-state index in [4.69, 9.17) is 0 Å². The third-order valence-corrected chi connectivity index (χ3v) is 5.59. The van der Waals surface area contributed by atoms with Crippen LogP contribution < -0.4 is 33.4 Å². The zero-order valence-corrected chi connectivity index (χ0v) is 18.6. The van der Waals surface area contributed by atoms with Gasteiger partial charge in [-0.05, 0) is 42.7 Å². The molecule has 0 N–H and O–H groups in total. The van der Waals surface area contributed by atoms with Gasteiger partial charge in [-0.25, -0.2) is 8.96 Å². The van der Waals surface area contributed by atoms with Gasteiger partial charge in [-0.2, -0.15) is 0 Å².